The molecule has 1 aromatic carbocycles. The first-order valence-corrected chi connectivity index (χ1v) is 6.37. The summed E-state index contributed by atoms with van der Waals surface area (Å²) < 4.78 is 0. The molecule has 1 aromatic heterocycles. The zero-order chi connectivity index (χ0) is 14.4. The standard InChI is InChI=1S/C12H10N4O3S/c17-10(18)6-3-8-1-4-9(5-2-8)14-11(19)15-12-16-13-7-20-12/h1-7H,(H,17,18)(H2,14,15,16,19). The molecular formula is C12H10N4O3S. The van der Waals surface area contributed by atoms with Gasteiger partial charge >= 0.3 is 12.0 Å². The fourth-order valence-corrected chi connectivity index (χ4v) is 1.77. The van der Waals surface area contributed by atoms with Crippen LogP contribution in [0.5, 0.6) is 0 Å². The van der Waals surface area contributed by atoms with E-state index in [-0.39, 0.29) is 0 Å². The summed E-state index contributed by atoms with van der Waals surface area (Å²) in [7, 11) is 0. The van der Waals surface area contributed by atoms with E-state index >= 15 is 0 Å². The highest BCUT2D eigenvalue weighted by Gasteiger charge is 2.04. The number of anilines is 2. The molecule has 0 aliphatic carbocycles. The summed E-state index contributed by atoms with van der Waals surface area (Å²) in [5.41, 5.74) is 2.82. The Bertz CT molecular complexity index is 623. The van der Waals surface area contributed by atoms with Crippen molar-refractivity contribution in [1.29, 1.82) is 0 Å². The molecule has 0 saturated heterocycles. The van der Waals surface area contributed by atoms with Crippen molar-refractivity contribution in [2.45, 2.75) is 0 Å². The van der Waals surface area contributed by atoms with Gasteiger partial charge in [-0.3, -0.25) is 5.32 Å². The molecule has 102 valence electrons. The second kappa shape index (κ2) is 6.43. The Morgan fingerprint density at radius 1 is 1.20 bits per heavy atom. The van der Waals surface area contributed by atoms with Gasteiger partial charge in [0.15, 0.2) is 0 Å². The monoisotopic (exact) mass is 290 g/mol. The number of carboxylic acid groups (broad SMARTS) is 1. The zero-order valence-electron chi connectivity index (χ0n) is 10.1. The number of benzene rings is 1. The largest absolute Gasteiger partial charge is 0.478 e. The molecule has 0 aliphatic rings. The lowest BCUT2D eigenvalue weighted by atomic mass is 10.2. The molecule has 2 aromatic rings. The lowest BCUT2D eigenvalue weighted by Crippen LogP contribution is -2.19. The fourth-order valence-electron chi connectivity index (χ4n) is 1.33. The number of carboxylic acids is 1. The quantitative estimate of drug-likeness (QED) is 0.749. The van der Waals surface area contributed by atoms with Gasteiger partial charge in [0, 0.05) is 11.8 Å². The summed E-state index contributed by atoms with van der Waals surface area (Å²) in [6, 6.07) is 6.30. The summed E-state index contributed by atoms with van der Waals surface area (Å²) in [4.78, 5) is 22.0. The lowest BCUT2D eigenvalue weighted by molar-refractivity contribution is -0.131. The number of nitrogens with one attached hydrogen (secondary N) is 2. The van der Waals surface area contributed by atoms with Gasteiger partial charge in [0.25, 0.3) is 0 Å². The Labute approximate surface area is 118 Å². The molecule has 0 atom stereocenters. The van der Waals surface area contributed by atoms with Crippen LogP contribution in [0.25, 0.3) is 6.08 Å². The summed E-state index contributed by atoms with van der Waals surface area (Å²) >= 11 is 1.21. The first-order valence-electron chi connectivity index (χ1n) is 5.49. The minimum absolute atomic E-state index is 0.406. The number of urea groups is 1. The van der Waals surface area contributed by atoms with E-state index in [1.54, 1.807) is 24.3 Å². The van der Waals surface area contributed by atoms with Gasteiger partial charge in [0.05, 0.1) is 0 Å². The second-order valence-electron chi connectivity index (χ2n) is 3.62. The fraction of sp³-hybridized carbons (Fsp3) is 0. The van der Waals surface area contributed by atoms with Gasteiger partial charge in [-0.1, -0.05) is 23.5 Å². The topological polar surface area (TPSA) is 104 Å². The highest BCUT2D eigenvalue weighted by molar-refractivity contribution is 7.13. The summed E-state index contributed by atoms with van der Waals surface area (Å²) in [5.74, 6) is -1.01. The van der Waals surface area contributed by atoms with E-state index < -0.39 is 12.0 Å². The van der Waals surface area contributed by atoms with E-state index in [1.165, 1.54) is 22.9 Å². The molecule has 3 N–H and O–H groups in total. The molecule has 0 aliphatic heterocycles. The van der Waals surface area contributed by atoms with Crippen LogP contribution in [0, 0.1) is 0 Å². The van der Waals surface area contributed by atoms with Crippen molar-refractivity contribution < 1.29 is 14.7 Å². The van der Waals surface area contributed by atoms with E-state index in [1.807, 2.05) is 0 Å². The number of amides is 2. The average Bonchev–Trinajstić information content (AvgIpc) is 2.90. The van der Waals surface area contributed by atoms with Crippen LogP contribution >= 0.6 is 11.3 Å². The summed E-state index contributed by atoms with van der Waals surface area (Å²) in [6.45, 7) is 0. The number of carbonyl (C=O) groups excluding carboxylic acids is 1. The minimum atomic E-state index is -1.01. The van der Waals surface area contributed by atoms with Crippen LogP contribution in [-0.4, -0.2) is 27.3 Å². The molecule has 2 amide bonds. The molecule has 0 bridgehead atoms. The summed E-state index contributed by atoms with van der Waals surface area (Å²) in [6.07, 6.45) is 2.51. The SMILES string of the molecule is O=C(O)C=Cc1ccc(NC(=O)Nc2nncs2)cc1. The molecule has 0 unspecified atom stereocenters. The maximum absolute atomic E-state index is 11.6. The van der Waals surface area contributed by atoms with Gasteiger partial charge in [-0.15, -0.1) is 10.2 Å². The molecule has 0 fully saturated rings. The third kappa shape index (κ3) is 4.18. The number of carbonyl (C=O) groups is 2. The number of hydrogen-bond donors (Lipinski definition) is 3. The van der Waals surface area contributed by atoms with E-state index in [0.29, 0.717) is 10.8 Å². The maximum atomic E-state index is 11.6. The Balaban J connectivity index is 1.93. The number of hydrogen-bond acceptors (Lipinski definition) is 5. The second-order valence-corrected chi connectivity index (χ2v) is 4.45. The minimum Gasteiger partial charge on any atom is -0.478 e. The van der Waals surface area contributed by atoms with Crippen LogP contribution in [0.4, 0.5) is 15.6 Å². The van der Waals surface area contributed by atoms with Crippen molar-refractivity contribution >= 4 is 40.2 Å². The van der Waals surface area contributed by atoms with Gasteiger partial charge in [0.2, 0.25) is 5.13 Å². The van der Waals surface area contributed by atoms with Gasteiger partial charge in [-0.05, 0) is 23.8 Å². The Hall–Kier alpha value is -2.74. The Morgan fingerprint density at radius 2 is 1.95 bits per heavy atom. The molecule has 8 heteroatoms. The van der Waals surface area contributed by atoms with Crippen LogP contribution in [0.2, 0.25) is 0 Å². The number of aliphatic carboxylic acids is 1. The third-order valence-electron chi connectivity index (χ3n) is 2.17. The zero-order valence-corrected chi connectivity index (χ0v) is 10.9. The Kier molecular flexibility index (Phi) is 4.40. The third-order valence-corrected chi connectivity index (χ3v) is 2.77. The van der Waals surface area contributed by atoms with Crippen molar-refractivity contribution in [3.05, 3.63) is 41.4 Å². The smallest absolute Gasteiger partial charge is 0.328 e. The molecule has 0 spiro atoms. The van der Waals surface area contributed by atoms with Crippen LogP contribution in [0.3, 0.4) is 0 Å². The summed E-state index contributed by atoms with van der Waals surface area (Å²) in [5, 5.41) is 21.3. The average molecular weight is 290 g/mol. The number of aromatic nitrogens is 2. The van der Waals surface area contributed by atoms with Crippen molar-refractivity contribution in [2.24, 2.45) is 0 Å². The van der Waals surface area contributed by atoms with Crippen molar-refractivity contribution in [3.8, 4) is 0 Å². The van der Waals surface area contributed by atoms with Gasteiger partial charge < -0.3 is 10.4 Å². The molecule has 0 radical (unpaired) electrons. The van der Waals surface area contributed by atoms with Crippen LogP contribution in [0.15, 0.2) is 35.9 Å². The highest BCUT2D eigenvalue weighted by atomic mass is 32.1. The molecule has 0 saturated carbocycles. The van der Waals surface area contributed by atoms with E-state index in [4.69, 9.17) is 5.11 Å². The molecule has 2 rings (SSSR count). The van der Waals surface area contributed by atoms with Gasteiger partial charge in [-0.25, -0.2) is 9.59 Å². The van der Waals surface area contributed by atoms with Crippen molar-refractivity contribution in [2.75, 3.05) is 10.6 Å². The van der Waals surface area contributed by atoms with E-state index in [9.17, 15) is 9.59 Å². The van der Waals surface area contributed by atoms with E-state index in [2.05, 4.69) is 20.8 Å². The van der Waals surface area contributed by atoms with Gasteiger partial charge in [-0.2, -0.15) is 0 Å². The van der Waals surface area contributed by atoms with Crippen LogP contribution in [-0.2, 0) is 4.79 Å². The number of nitrogens with zero attached hydrogens (tertiary/aromatic N) is 2. The molecule has 7 nitrogen and oxygen atoms in total. The van der Waals surface area contributed by atoms with Gasteiger partial charge in [0.1, 0.15) is 5.51 Å². The first-order chi connectivity index (χ1) is 9.63. The molecular weight excluding hydrogens is 280 g/mol. The normalized spacial score (nSPS) is 10.4. The maximum Gasteiger partial charge on any atom is 0.328 e. The predicted octanol–water partition coefficient (Wildman–Crippen LogP) is 2.28. The first kappa shape index (κ1) is 13.7. The molecule has 1 heterocycles. The van der Waals surface area contributed by atoms with Crippen LogP contribution < -0.4 is 10.6 Å². The predicted molar refractivity (Wildman–Crippen MR) is 75.7 cm³/mol. The number of rotatable bonds is 4. The molecule has 20 heavy (non-hydrogen) atoms. The Morgan fingerprint density at radius 3 is 2.55 bits per heavy atom. The van der Waals surface area contributed by atoms with Crippen molar-refractivity contribution in [1.82, 2.24) is 10.2 Å². The highest BCUT2D eigenvalue weighted by Crippen LogP contribution is 2.12. The van der Waals surface area contributed by atoms with Crippen LogP contribution in [0.1, 0.15) is 5.56 Å². The van der Waals surface area contributed by atoms with E-state index in [0.717, 1.165) is 11.6 Å². The lowest BCUT2D eigenvalue weighted by Gasteiger charge is -2.05. The van der Waals surface area contributed by atoms with Crippen molar-refractivity contribution in [3.63, 3.8) is 0 Å².